The number of fused-ring (bicyclic) bond motifs is 3. The van der Waals surface area contributed by atoms with Crippen molar-refractivity contribution in [1.82, 2.24) is 25.3 Å². The maximum absolute atomic E-state index is 5.55. The van der Waals surface area contributed by atoms with Gasteiger partial charge in [-0.15, -0.1) is 0 Å². The van der Waals surface area contributed by atoms with E-state index >= 15 is 0 Å². The Balaban J connectivity index is 1.50. The zero-order valence-corrected chi connectivity index (χ0v) is 11.9. The minimum absolute atomic E-state index is 0.259. The van der Waals surface area contributed by atoms with Gasteiger partial charge in [0.05, 0.1) is 12.1 Å². The highest BCUT2D eigenvalue weighted by Gasteiger charge is 2.36. The molecule has 6 heteroatoms. The molecule has 1 aromatic heterocycles. The Morgan fingerprint density at radius 2 is 2.00 bits per heavy atom. The molecular weight excluding hydrogens is 254 g/mol. The average Bonchev–Trinajstić information content (AvgIpc) is 2.84. The molecule has 4 aliphatic heterocycles. The lowest BCUT2D eigenvalue weighted by Gasteiger charge is -2.46. The fraction of sp³-hybridized carbons (Fsp3) is 0.857. The first-order valence-electron chi connectivity index (χ1n) is 7.93. The fourth-order valence-electron chi connectivity index (χ4n) is 3.63. The summed E-state index contributed by atoms with van der Waals surface area (Å²) >= 11 is 0. The number of hydrogen-bond donors (Lipinski definition) is 1. The Bertz CT molecular complexity index is 446. The fourth-order valence-corrected chi connectivity index (χ4v) is 3.63. The van der Waals surface area contributed by atoms with Gasteiger partial charge in [0.1, 0.15) is 0 Å². The SMILES string of the molecule is C1CCNC(c2nc(C3CN4CCN3CC4)no2)CC1. The van der Waals surface area contributed by atoms with E-state index in [0.29, 0.717) is 6.04 Å². The monoisotopic (exact) mass is 277 g/mol. The lowest BCUT2D eigenvalue weighted by Crippen LogP contribution is -2.57. The first kappa shape index (κ1) is 12.7. The highest BCUT2D eigenvalue weighted by atomic mass is 16.5. The summed E-state index contributed by atoms with van der Waals surface area (Å²) in [4.78, 5) is 9.71. The summed E-state index contributed by atoms with van der Waals surface area (Å²) in [6, 6.07) is 0.593. The van der Waals surface area contributed by atoms with Crippen LogP contribution >= 0.6 is 0 Å². The van der Waals surface area contributed by atoms with Crippen LogP contribution in [0.15, 0.2) is 4.52 Å². The molecule has 2 unspecified atom stereocenters. The number of aromatic nitrogens is 2. The molecule has 20 heavy (non-hydrogen) atoms. The maximum atomic E-state index is 5.55. The van der Waals surface area contributed by atoms with Gasteiger partial charge in [-0.2, -0.15) is 4.98 Å². The predicted octanol–water partition coefficient (Wildman–Crippen LogP) is 0.947. The molecule has 0 radical (unpaired) electrons. The highest BCUT2D eigenvalue weighted by molar-refractivity contribution is 5.03. The zero-order chi connectivity index (χ0) is 13.4. The molecule has 6 nitrogen and oxygen atoms in total. The van der Waals surface area contributed by atoms with E-state index in [1.165, 1.54) is 32.4 Å². The lowest BCUT2D eigenvalue weighted by atomic mass is 10.1. The summed E-state index contributed by atoms with van der Waals surface area (Å²) in [5.41, 5.74) is 0. The molecule has 0 aliphatic carbocycles. The molecule has 0 spiro atoms. The molecule has 110 valence electrons. The van der Waals surface area contributed by atoms with Crippen LogP contribution < -0.4 is 5.32 Å². The Hall–Kier alpha value is -0.980. The average molecular weight is 277 g/mol. The number of nitrogens with zero attached hydrogens (tertiary/aromatic N) is 4. The molecule has 5 rings (SSSR count). The Kier molecular flexibility index (Phi) is 3.45. The summed E-state index contributed by atoms with van der Waals surface area (Å²) in [5, 5.41) is 7.80. The molecule has 0 amide bonds. The van der Waals surface area contributed by atoms with Crippen molar-refractivity contribution in [2.24, 2.45) is 0 Å². The predicted molar refractivity (Wildman–Crippen MR) is 74.3 cm³/mol. The van der Waals surface area contributed by atoms with Crippen molar-refractivity contribution in [3.8, 4) is 0 Å². The topological polar surface area (TPSA) is 57.4 Å². The number of hydrogen-bond acceptors (Lipinski definition) is 6. The van der Waals surface area contributed by atoms with E-state index in [1.54, 1.807) is 0 Å². The van der Waals surface area contributed by atoms with E-state index in [9.17, 15) is 0 Å². The van der Waals surface area contributed by atoms with Gasteiger partial charge in [-0.3, -0.25) is 9.80 Å². The molecule has 5 heterocycles. The van der Waals surface area contributed by atoms with Crippen LogP contribution in [0.25, 0.3) is 0 Å². The lowest BCUT2D eigenvalue weighted by molar-refractivity contribution is 0.00781. The van der Waals surface area contributed by atoms with Gasteiger partial charge in [0.15, 0.2) is 5.82 Å². The van der Waals surface area contributed by atoms with Gasteiger partial charge in [0.2, 0.25) is 5.89 Å². The van der Waals surface area contributed by atoms with Crippen LogP contribution in [0.4, 0.5) is 0 Å². The Morgan fingerprint density at radius 3 is 2.80 bits per heavy atom. The van der Waals surface area contributed by atoms with Gasteiger partial charge in [0.25, 0.3) is 0 Å². The maximum Gasteiger partial charge on any atom is 0.243 e. The minimum atomic E-state index is 0.259. The van der Waals surface area contributed by atoms with E-state index in [2.05, 4.69) is 20.3 Å². The second-order valence-electron chi connectivity index (χ2n) is 6.20. The van der Waals surface area contributed by atoms with Gasteiger partial charge in [-0.1, -0.05) is 18.0 Å². The van der Waals surface area contributed by atoms with Crippen molar-refractivity contribution in [3.05, 3.63) is 11.7 Å². The summed E-state index contributed by atoms with van der Waals surface area (Å²) in [5.74, 6) is 1.68. The molecule has 4 saturated heterocycles. The molecular formula is C14H23N5O. The van der Waals surface area contributed by atoms with E-state index in [-0.39, 0.29) is 6.04 Å². The molecule has 4 aliphatic rings. The summed E-state index contributed by atoms with van der Waals surface area (Å²) in [7, 11) is 0. The van der Waals surface area contributed by atoms with E-state index in [1.807, 2.05) is 0 Å². The molecule has 0 aromatic carbocycles. The number of rotatable bonds is 2. The normalized spacial score (nSPS) is 37.8. The molecule has 1 N–H and O–H groups in total. The zero-order valence-electron chi connectivity index (χ0n) is 11.9. The number of nitrogens with one attached hydrogen (secondary N) is 1. The van der Waals surface area contributed by atoms with Crippen LogP contribution in [0.3, 0.4) is 0 Å². The van der Waals surface area contributed by atoms with Crippen molar-refractivity contribution >= 4 is 0 Å². The van der Waals surface area contributed by atoms with E-state index < -0.39 is 0 Å². The van der Waals surface area contributed by atoms with Crippen LogP contribution in [0.2, 0.25) is 0 Å². The van der Waals surface area contributed by atoms with Crippen molar-refractivity contribution in [1.29, 1.82) is 0 Å². The van der Waals surface area contributed by atoms with Gasteiger partial charge in [0, 0.05) is 32.7 Å². The third kappa shape index (κ3) is 2.36. The highest BCUT2D eigenvalue weighted by Crippen LogP contribution is 2.28. The molecule has 0 saturated carbocycles. The molecule has 2 bridgehead atoms. The first-order chi connectivity index (χ1) is 9.90. The largest absolute Gasteiger partial charge is 0.338 e. The first-order valence-corrected chi connectivity index (χ1v) is 7.93. The second-order valence-corrected chi connectivity index (χ2v) is 6.20. The summed E-state index contributed by atoms with van der Waals surface area (Å²) in [6.45, 7) is 6.76. The van der Waals surface area contributed by atoms with Crippen molar-refractivity contribution in [2.45, 2.75) is 37.8 Å². The van der Waals surface area contributed by atoms with Crippen molar-refractivity contribution in [2.75, 3.05) is 39.3 Å². The minimum Gasteiger partial charge on any atom is -0.338 e. The molecule has 1 aromatic rings. The number of piperazine rings is 3. The smallest absolute Gasteiger partial charge is 0.243 e. The second kappa shape index (κ2) is 5.42. The van der Waals surface area contributed by atoms with E-state index in [4.69, 9.17) is 9.51 Å². The van der Waals surface area contributed by atoms with Gasteiger partial charge in [-0.05, 0) is 19.4 Å². The molecule has 4 fully saturated rings. The standard InChI is InChI=1S/C14H23N5O/c1-2-4-11(15-5-3-1)14-16-13(17-20-14)12-10-18-6-8-19(12)9-7-18/h11-12,15H,1-10H2. The van der Waals surface area contributed by atoms with Gasteiger partial charge >= 0.3 is 0 Å². The van der Waals surface area contributed by atoms with Crippen LogP contribution in [-0.4, -0.2) is 59.2 Å². The van der Waals surface area contributed by atoms with Gasteiger partial charge < -0.3 is 9.84 Å². The van der Waals surface area contributed by atoms with Crippen molar-refractivity contribution in [3.63, 3.8) is 0 Å². The van der Waals surface area contributed by atoms with Crippen molar-refractivity contribution < 1.29 is 4.52 Å². The van der Waals surface area contributed by atoms with E-state index in [0.717, 1.165) is 44.3 Å². The third-order valence-corrected chi connectivity index (χ3v) is 4.89. The van der Waals surface area contributed by atoms with Crippen LogP contribution in [-0.2, 0) is 0 Å². The molecule has 2 atom stereocenters. The Morgan fingerprint density at radius 1 is 1.10 bits per heavy atom. The summed E-state index contributed by atoms with van der Waals surface area (Å²) in [6.07, 6.45) is 4.92. The summed E-state index contributed by atoms with van der Waals surface area (Å²) < 4.78 is 5.55. The Labute approximate surface area is 119 Å². The van der Waals surface area contributed by atoms with Gasteiger partial charge in [-0.25, -0.2) is 0 Å². The van der Waals surface area contributed by atoms with Crippen LogP contribution in [0.1, 0.15) is 49.5 Å². The van der Waals surface area contributed by atoms with Crippen LogP contribution in [0, 0.1) is 0 Å². The quantitative estimate of drug-likeness (QED) is 0.868. The van der Waals surface area contributed by atoms with Crippen LogP contribution in [0.5, 0.6) is 0 Å². The third-order valence-electron chi connectivity index (χ3n) is 4.89.